The molecule has 9 rings (SSSR count). The molecule has 0 atom stereocenters. The van der Waals surface area contributed by atoms with Gasteiger partial charge in [0.15, 0.2) is 5.58 Å². The zero-order valence-corrected chi connectivity index (χ0v) is 24.0. The summed E-state index contributed by atoms with van der Waals surface area (Å²) in [6.45, 7) is 0. The maximum absolute atomic E-state index is 6.80. The normalized spacial score (nSPS) is 11.7. The molecule has 0 bridgehead atoms. The number of hydrogen-bond donors (Lipinski definition) is 0. The highest BCUT2D eigenvalue weighted by molar-refractivity contribution is 7.26. The first kappa shape index (κ1) is 24.2. The average molecular weight is 568 g/mol. The summed E-state index contributed by atoms with van der Waals surface area (Å²) in [5.74, 6) is 0. The molecule has 2 nitrogen and oxygen atoms in total. The van der Waals surface area contributed by atoms with Crippen LogP contribution in [0.15, 0.2) is 156 Å². The molecule has 0 N–H and O–H groups in total. The van der Waals surface area contributed by atoms with Gasteiger partial charge in [-0.25, -0.2) is 0 Å². The van der Waals surface area contributed by atoms with E-state index < -0.39 is 0 Å². The van der Waals surface area contributed by atoms with E-state index in [-0.39, 0.29) is 0 Å². The fourth-order valence-electron chi connectivity index (χ4n) is 6.49. The van der Waals surface area contributed by atoms with Gasteiger partial charge in [0.2, 0.25) is 0 Å². The molecule has 7 aromatic carbocycles. The third-order valence-electron chi connectivity index (χ3n) is 8.44. The van der Waals surface area contributed by atoms with Gasteiger partial charge in [-0.3, -0.25) is 0 Å². The lowest BCUT2D eigenvalue weighted by molar-refractivity contribution is 0.669. The van der Waals surface area contributed by atoms with Crippen molar-refractivity contribution in [2.75, 3.05) is 4.90 Å². The minimum Gasteiger partial charge on any atom is -0.454 e. The summed E-state index contributed by atoms with van der Waals surface area (Å²) in [7, 11) is 0. The number of furan rings is 1. The van der Waals surface area contributed by atoms with E-state index in [4.69, 9.17) is 4.42 Å². The molecular formula is C40H25NOS. The van der Waals surface area contributed by atoms with Crippen molar-refractivity contribution in [3.63, 3.8) is 0 Å². The van der Waals surface area contributed by atoms with Crippen LogP contribution in [0.3, 0.4) is 0 Å². The first-order valence-corrected chi connectivity index (χ1v) is 15.3. The molecule has 0 amide bonds. The van der Waals surface area contributed by atoms with Gasteiger partial charge < -0.3 is 9.32 Å². The predicted octanol–water partition coefficient (Wildman–Crippen LogP) is 12.2. The lowest BCUT2D eigenvalue weighted by atomic mass is 9.98. The van der Waals surface area contributed by atoms with Crippen molar-refractivity contribution < 1.29 is 4.42 Å². The van der Waals surface area contributed by atoms with Crippen LogP contribution in [0.2, 0.25) is 0 Å². The van der Waals surface area contributed by atoms with Gasteiger partial charge in [-0.15, -0.1) is 11.3 Å². The minimum atomic E-state index is 0.882. The molecule has 3 heteroatoms. The fraction of sp³-hybridized carbons (Fsp3) is 0. The molecule has 0 aliphatic heterocycles. The Morgan fingerprint density at radius 3 is 2.16 bits per heavy atom. The van der Waals surface area contributed by atoms with Crippen LogP contribution in [0.4, 0.5) is 17.1 Å². The second-order valence-electron chi connectivity index (χ2n) is 10.9. The Hall–Kier alpha value is -5.38. The standard InChI is InChI=1S/C40H25NOS/c1-2-12-27(13-3-1)30-23-24-32-31-15-6-8-18-35(31)42-40(32)39(30)41(29-22-21-26-11-4-5-14-28(26)25-29)34-17-10-20-37-38(34)33-16-7-9-19-36(33)43-37/h1-25H. The molecule has 0 saturated carbocycles. The number of anilines is 3. The number of thiophene rings is 1. The van der Waals surface area contributed by atoms with E-state index in [9.17, 15) is 0 Å². The van der Waals surface area contributed by atoms with Gasteiger partial charge in [-0.05, 0) is 58.8 Å². The summed E-state index contributed by atoms with van der Waals surface area (Å²) in [6, 6.07) is 54.2. The number of benzene rings is 7. The maximum Gasteiger partial charge on any atom is 0.160 e. The van der Waals surface area contributed by atoms with Crippen LogP contribution in [0, 0.1) is 0 Å². The Balaban J connectivity index is 1.46. The Kier molecular flexibility index (Phi) is 5.40. The molecule has 0 aliphatic carbocycles. The Bertz CT molecular complexity index is 2470. The topological polar surface area (TPSA) is 16.4 Å². The summed E-state index contributed by atoms with van der Waals surface area (Å²) in [5, 5.41) is 7.17. The minimum absolute atomic E-state index is 0.882. The van der Waals surface area contributed by atoms with E-state index in [1.807, 2.05) is 17.4 Å². The summed E-state index contributed by atoms with van der Waals surface area (Å²) in [4.78, 5) is 2.43. The Morgan fingerprint density at radius 1 is 0.512 bits per heavy atom. The van der Waals surface area contributed by atoms with E-state index in [0.717, 1.165) is 50.1 Å². The highest BCUT2D eigenvalue weighted by atomic mass is 32.1. The third kappa shape index (κ3) is 3.79. The average Bonchev–Trinajstić information content (AvgIpc) is 3.64. The van der Waals surface area contributed by atoms with Crippen LogP contribution in [0.5, 0.6) is 0 Å². The van der Waals surface area contributed by atoms with Gasteiger partial charge in [0.05, 0.1) is 11.4 Å². The maximum atomic E-state index is 6.80. The fourth-order valence-corrected chi connectivity index (χ4v) is 7.62. The first-order valence-electron chi connectivity index (χ1n) is 14.5. The van der Waals surface area contributed by atoms with Crippen LogP contribution < -0.4 is 4.90 Å². The molecule has 9 aromatic rings. The van der Waals surface area contributed by atoms with Gasteiger partial charge in [0.1, 0.15) is 5.58 Å². The lowest BCUT2D eigenvalue weighted by Crippen LogP contribution is -2.12. The zero-order chi connectivity index (χ0) is 28.3. The summed E-state index contributed by atoms with van der Waals surface area (Å²) in [6.07, 6.45) is 0. The Morgan fingerprint density at radius 2 is 1.26 bits per heavy atom. The van der Waals surface area contributed by atoms with Crippen molar-refractivity contribution in [3.8, 4) is 11.1 Å². The number of hydrogen-bond acceptors (Lipinski definition) is 3. The van der Waals surface area contributed by atoms with Crippen molar-refractivity contribution in [1.82, 2.24) is 0 Å². The molecule has 0 fully saturated rings. The van der Waals surface area contributed by atoms with Crippen molar-refractivity contribution in [1.29, 1.82) is 0 Å². The molecule has 0 spiro atoms. The Labute approximate surface area is 252 Å². The number of fused-ring (bicyclic) bond motifs is 7. The molecule has 0 unspecified atom stereocenters. The van der Waals surface area contributed by atoms with E-state index in [0.29, 0.717) is 0 Å². The van der Waals surface area contributed by atoms with Gasteiger partial charge in [0.25, 0.3) is 0 Å². The predicted molar refractivity (Wildman–Crippen MR) is 184 cm³/mol. The molecule has 202 valence electrons. The second kappa shape index (κ2) is 9.59. The summed E-state index contributed by atoms with van der Waals surface area (Å²) in [5.41, 5.74) is 7.30. The monoisotopic (exact) mass is 567 g/mol. The largest absolute Gasteiger partial charge is 0.454 e. The van der Waals surface area contributed by atoms with Crippen LogP contribution in [0.25, 0.3) is 64.0 Å². The summed E-state index contributed by atoms with van der Waals surface area (Å²) < 4.78 is 9.35. The molecule has 2 heterocycles. The highest BCUT2D eigenvalue weighted by Gasteiger charge is 2.26. The number of rotatable bonds is 4. The second-order valence-corrected chi connectivity index (χ2v) is 12.0. The van der Waals surface area contributed by atoms with E-state index >= 15 is 0 Å². The molecule has 0 radical (unpaired) electrons. The van der Waals surface area contributed by atoms with E-state index in [1.165, 1.54) is 30.9 Å². The van der Waals surface area contributed by atoms with Crippen molar-refractivity contribution in [2.45, 2.75) is 0 Å². The SMILES string of the molecule is c1ccc(-c2ccc3c(oc4ccccc43)c2N(c2ccc3ccccc3c2)c2cccc3sc4ccccc4c23)cc1. The van der Waals surface area contributed by atoms with Crippen molar-refractivity contribution in [2.24, 2.45) is 0 Å². The third-order valence-corrected chi connectivity index (χ3v) is 9.58. The number of para-hydroxylation sites is 1. The van der Waals surface area contributed by atoms with Gasteiger partial charge >= 0.3 is 0 Å². The quantitative estimate of drug-likeness (QED) is 0.210. The summed E-state index contributed by atoms with van der Waals surface area (Å²) >= 11 is 1.84. The van der Waals surface area contributed by atoms with Crippen LogP contribution >= 0.6 is 11.3 Å². The molecule has 2 aromatic heterocycles. The molecule has 0 saturated heterocycles. The van der Waals surface area contributed by atoms with E-state index in [1.54, 1.807) is 0 Å². The van der Waals surface area contributed by atoms with Gasteiger partial charge in [-0.2, -0.15) is 0 Å². The van der Waals surface area contributed by atoms with E-state index in [2.05, 4.69) is 150 Å². The molecular weight excluding hydrogens is 543 g/mol. The van der Waals surface area contributed by atoms with Crippen LogP contribution in [-0.4, -0.2) is 0 Å². The zero-order valence-electron chi connectivity index (χ0n) is 23.2. The van der Waals surface area contributed by atoms with Crippen LogP contribution in [0.1, 0.15) is 0 Å². The first-order chi connectivity index (χ1) is 21.3. The molecule has 43 heavy (non-hydrogen) atoms. The van der Waals surface area contributed by atoms with Gasteiger partial charge in [-0.1, -0.05) is 109 Å². The lowest BCUT2D eigenvalue weighted by Gasteiger charge is -2.29. The number of nitrogens with zero attached hydrogens (tertiary/aromatic N) is 1. The van der Waals surface area contributed by atoms with Crippen molar-refractivity contribution in [3.05, 3.63) is 152 Å². The van der Waals surface area contributed by atoms with Crippen LogP contribution in [-0.2, 0) is 0 Å². The smallest absolute Gasteiger partial charge is 0.160 e. The highest BCUT2D eigenvalue weighted by Crippen LogP contribution is 2.51. The molecule has 0 aliphatic rings. The van der Waals surface area contributed by atoms with Crippen molar-refractivity contribution >= 4 is 81.3 Å². The van der Waals surface area contributed by atoms with Gasteiger partial charge in [0, 0.05) is 42.2 Å².